The number of fused-ring (bicyclic) bond motifs is 1. The molecule has 0 bridgehead atoms. The minimum Gasteiger partial charge on any atom is -0.444 e. The fourth-order valence-electron chi connectivity index (χ4n) is 2.35. The van der Waals surface area contributed by atoms with Crippen molar-refractivity contribution in [1.82, 2.24) is 4.98 Å². The lowest BCUT2D eigenvalue weighted by Gasteiger charge is -2.19. The molecule has 0 unspecified atom stereocenters. The van der Waals surface area contributed by atoms with Crippen molar-refractivity contribution in [1.29, 1.82) is 0 Å². The molecule has 0 saturated carbocycles. The van der Waals surface area contributed by atoms with E-state index >= 15 is 0 Å². The topological polar surface area (TPSA) is 93.5 Å². The minimum atomic E-state index is -0.570. The van der Waals surface area contributed by atoms with Crippen LogP contribution in [0.2, 0.25) is 0 Å². The number of anilines is 2. The Morgan fingerprint density at radius 3 is 2.29 bits per heavy atom. The highest BCUT2D eigenvalue weighted by molar-refractivity contribution is 6.02. The van der Waals surface area contributed by atoms with Crippen molar-refractivity contribution in [3.8, 4) is 0 Å². The highest BCUT2D eigenvalue weighted by atomic mass is 16.6. The largest absolute Gasteiger partial charge is 0.444 e. The lowest BCUT2D eigenvalue weighted by Crippen LogP contribution is -2.27. The number of para-hydroxylation sites is 2. The fourth-order valence-corrected chi connectivity index (χ4v) is 2.35. The normalized spacial score (nSPS) is 11.5. The molecule has 7 heteroatoms. The summed E-state index contributed by atoms with van der Waals surface area (Å²) in [7, 11) is 0. The molecule has 28 heavy (non-hydrogen) atoms. The van der Waals surface area contributed by atoms with E-state index in [0.717, 1.165) is 5.52 Å². The smallest absolute Gasteiger partial charge is 0.412 e. The average molecular weight is 379 g/mol. The number of carbonyl (C=O) groups is 2. The zero-order chi connectivity index (χ0) is 20.1. The van der Waals surface area contributed by atoms with Gasteiger partial charge in [0.2, 0.25) is 11.8 Å². The molecule has 144 valence electrons. The van der Waals surface area contributed by atoms with Crippen molar-refractivity contribution in [2.45, 2.75) is 26.4 Å². The lowest BCUT2D eigenvalue weighted by molar-refractivity contribution is -0.111. The van der Waals surface area contributed by atoms with Crippen LogP contribution in [0, 0.1) is 0 Å². The molecule has 3 rings (SSSR count). The third-order valence-corrected chi connectivity index (χ3v) is 3.49. The summed E-state index contributed by atoms with van der Waals surface area (Å²) in [6, 6.07) is 14.1. The third kappa shape index (κ3) is 5.44. The van der Waals surface area contributed by atoms with Gasteiger partial charge in [-0.15, -0.1) is 0 Å². The third-order valence-electron chi connectivity index (χ3n) is 3.49. The number of nitrogens with zero attached hydrogens (tertiary/aromatic N) is 1. The number of rotatable bonds is 4. The molecule has 0 aliphatic heterocycles. The molecular formula is C21H21N3O4. The molecule has 1 heterocycles. The SMILES string of the molecule is CC(C)(C)OC(=O)Nc1ccc(NC(=O)/C=C/c2nc3ccccc3o2)cc1. The van der Waals surface area contributed by atoms with Crippen LogP contribution in [0.25, 0.3) is 17.2 Å². The molecule has 2 aromatic carbocycles. The Bertz CT molecular complexity index is 981. The Morgan fingerprint density at radius 1 is 1.00 bits per heavy atom. The van der Waals surface area contributed by atoms with Gasteiger partial charge in [0.25, 0.3) is 0 Å². The van der Waals surface area contributed by atoms with Gasteiger partial charge >= 0.3 is 6.09 Å². The second-order valence-electron chi connectivity index (χ2n) is 7.05. The van der Waals surface area contributed by atoms with Gasteiger partial charge in [-0.1, -0.05) is 12.1 Å². The Hall–Kier alpha value is -3.61. The van der Waals surface area contributed by atoms with E-state index in [0.29, 0.717) is 22.8 Å². The molecule has 3 aromatic rings. The van der Waals surface area contributed by atoms with E-state index in [1.54, 1.807) is 45.0 Å². The average Bonchev–Trinajstić information content (AvgIpc) is 3.03. The maximum atomic E-state index is 12.1. The first-order valence-corrected chi connectivity index (χ1v) is 8.73. The van der Waals surface area contributed by atoms with Crippen LogP contribution in [-0.4, -0.2) is 22.6 Å². The summed E-state index contributed by atoms with van der Waals surface area (Å²) in [6.07, 6.45) is 2.32. The van der Waals surface area contributed by atoms with Crippen molar-refractivity contribution >= 4 is 40.6 Å². The first-order chi connectivity index (χ1) is 13.3. The summed E-state index contributed by atoms with van der Waals surface area (Å²) in [4.78, 5) is 28.1. The van der Waals surface area contributed by atoms with E-state index in [1.807, 2.05) is 24.3 Å². The van der Waals surface area contributed by atoms with Crippen molar-refractivity contribution < 1.29 is 18.7 Å². The maximum Gasteiger partial charge on any atom is 0.412 e. The van der Waals surface area contributed by atoms with Gasteiger partial charge in [0.05, 0.1) is 0 Å². The molecular weight excluding hydrogens is 358 g/mol. The number of hydrogen-bond acceptors (Lipinski definition) is 5. The van der Waals surface area contributed by atoms with Crippen LogP contribution < -0.4 is 10.6 Å². The van der Waals surface area contributed by atoms with Gasteiger partial charge in [-0.05, 0) is 57.2 Å². The van der Waals surface area contributed by atoms with E-state index in [4.69, 9.17) is 9.15 Å². The molecule has 0 fully saturated rings. The molecule has 1 aromatic heterocycles. The van der Waals surface area contributed by atoms with Crippen molar-refractivity contribution in [3.63, 3.8) is 0 Å². The summed E-state index contributed by atoms with van der Waals surface area (Å²) in [5, 5.41) is 5.36. The van der Waals surface area contributed by atoms with E-state index in [-0.39, 0.29) is 5.91 Å². The van der Waals surface area contributed by atoms with Gasteiger partial charge in [-0.3, -0.25) is 10.1 Å². The summed E-state index contributed by atoms with van der Waals surface area (Å²) < 4.78 is 10.7. The van der Waals surface area contributed by atoms with Gasteiger partial charge in [-0.2, -0.15) is 0 Å². The lowest BCUT2D eigenvalue weighted by atomic mass is 10.2. The number of carbonyl (C=O) groups excluding carboxylic acids is 2. The molecule has 2 amide bonds. The number of benzene rings is 2. The van der Waals surface area contributed by atoms with E-state index in [9.17, 15) is 9.59 Å². The molecule has 0 spiro atoms. The van der Waals surface area contributed by atoms with Crippen LogP contribution in [-0.2, 0) is 9.53 Å². The van der Waals surface area contributed by atoms with Gasteiger partial charge in [0.1, 0.15) is 11.1 Å². The summed E-state index contributed by atoms with van der Waals surface area (Å²) in [5.74, 6) is 0.0309. The second-order valence-corrected chi connectivity index (χ2v) is 7.05. The van der Waals surface area contributed by atoms with Crippen LogP contribution >= 0.6 is 0 Å². The second kappa shape index (κ2) is 7.96. The first-order valence-electron chi connectivity index (χ1n) is 8.73. The number of nitrogens with one attached hydrogen (secondary N) is 2. The first kappa shape index (κ1) is 19.2. The van der Waals surface area contributed by atoms with Crippen LogP contribution in [0.1, 0.15) is 26.7 Å². The quantitative estimate of drug-likeness (QED) is 0.634. The molecule has 0 saturated heterocycles. The predicted octanol–water partition coefficient (Wildman–Crippen LogP) is 4.83. The maximum absolute atomic E-state index is 12.1. The van der Waals surface area contributed by atoms with Crippen molar-refractivity contribution in [3.05, 3.63) is 60.5 Å². The molecule has 0 radical (unpaired) electrons. The number of aromatic nitrogens is 1. The highest BCUT2D eigenvalue weighted by Gasteiger charge is 2.16. The highest BCUT2D eigenvalue weighted by Crippen LogP contribution is 2.17. The van der Waals surface area contributed by atoms with Crippen LogP contribution in [0.15, 0.2) is 59.0 Å². The minimum absolute atomic E-state index is 0.324. The number of hydrogen-bond donors (Lipinski definition) is 2. The van der Waals surface area contributed by atoms with Crippen LogP contribution in [0.5, 0.6) is 0 Å². The molecule has 2 N–H and O–H groups in total. The summed E-state index contributed by atoms with van der Waals surface area (Å²) >= 11 is 0. The van der Waals surface area contributed by atoms with Gasteiger partial charge in [0.15, 0.2) is 5.58 Å². The summed E-state index contributed by atoms with van der Waals surface area (Å²) in [6.45, 7) is 5.37. The Balaban J connectivity index is 1.56. The molecule has 7 nitrogen and oxygen atoms in total. The number of oxazole rings is 1. The van der Waals surface area contributed by atoms with E-state index in [2.05, 4.69) is 15.6 Å². The Kier molecular flexibility index (Phi) is 5.44. The Morgan fingerprint density at radius 2 is 1.64 bits per heavy atom. The number of ether oxygens (including phenoxy) is 1. The van der Waals surface area contributed by atoms with Crippen LogP contribution in [0.4, 0.5) is 16.2 Å². The molecule has 0 atom stereocenters. The van der Waals surface area contributed by atoms with Gasteiger partial charge in [-0.25, -0.2) is 9.78 Å². The van der Waals surface area contributed by atoms with Crippen LogP contribution in [0.3, 0.4) is 0 Å². The predicted molar refractivity (Wildman–Crippen MR) is 108 cm³/mol. The standard InChI is InChI=1S/C21H21N3O4/c1-21(2,3)28-20(26)23-15-10-8-14(9-11-15)22-18(25)12-13-19-24-16-6-4-5-7-17(16)27-19/h4-13H,1-3H3,(H,22,25)(H,23,26)/b13-12+. The zero-order valence-electron chi connectivity index (χ0n) is 15.9. The monoisotopic (exact) mass is 379 g/mol. The van der Waals surface area contributed by atoms with E-state index < -0.39 is 11.7 Å². The zero-order valence-corrected chi connectivity index (χ0v) is 15.9. The fraction of sp³-hybridized carbons (Fsp3) is 0.190. The number of amides is 2. The Labute approximate surface area is 162 Å². The van der Waals surface area contributed by atoms with Gasteiger partial charge in [0, 0.05) is 23.5 Å². The van der Waals surface area contributed by atoms with E-state index in [1.165, 1.54) is 12.2 Å². The van der Waals surface area contributed by atoms with Crippen molar-refractivity contribution in [2.24, 2.45) is 0 Å². The summed E-state index contributed by atoms with van der Waals surface area (Å²) in [5.41, 5.74) is 1.97. The molecule has 0 aliphatic carbocycles. The molecule has 0 aliphatic rings. The van der Waals surface area contributed by atoms with Crippen molar-refractivity contribution in [2.75, 3.05) is 10.6 Å². The van der Waals surface area contributed by atoms with Gasteiger partial charge < -0.3 is 14.5 Å².